The molecular formula is C17H14ClNO4S. The first-order valence-electron chi connectivity index (χ1n) is 7.19. The zero-order chi connectivity index (χ0) is 17.1. The van der Waals surface area contributed by atoms with E-state index in [1.165, 1.54) is 18.4 Å². The fraction of sp³-hybridized carbons (Fsp3) is 0.176. The van der Waals surface area contributed by atoms with Crippen LogP contribution in [0.25, 0.3) is 6.08 Å². The Hall–Kier alpha value is -2.31. The second-order valence-corrected chi connectivity index (χ2v) is 6.14. The maximum Gasteiger partial charge on any atom is 0.363 e. The molecule has 1 aromatic carbocycles. The predicted molar refractivity (Wildman–Crippen MR) is 94.1 cm³/mol. The molecule has 0 unspecified atom stereocenters. The van der Waals surface area contributed by atoms with Gasteiger partial charge in [-0.15, -0.1) is 11.3 Å². The number of benzene rings is 1. The largest absolute Gasteiger partial charge is 0.493 e. The molecule has 0 aliphatic carbocycles. The Balaban J connectivity index is 1.96. The van der Waals surface area contributed by atoms with Crippen LogP contribution in [0.1, 0.15) is 17.4 Å². The van der Waals surface area contributed by atoms with E-state index in [1.807, 2.05) is 24.4 Å². The fourth-order valence-electron chi connectivity index (χ4n) is 2.18. The van der Waals surface area contributed by atoms with E-state index < -0.39 is 5.97 Å². The van der Waals surface area contributed by atoms with E-state index in [-0.39, 0.29) is 5.70 Å². The molecule has 124 valence electrons. The highest BCUT2D eigenvalue weighted by molar-refractivity contribution is 7.12. The Morgan fingerprint density at radius 2 is 2.25 bits per heavy atom. The van der Waals surface area contributed by atoms with E-state index in [1.54, 1.807) is 18.2 Å². The first-order chi connectivity index (χ1) is 11.6. The summed E-state index contributed by atoms with van der Waals surface area (Å²) >= 11 is 7.69. The molecule has 0 radical (unpaired) electrons. The van der Waals surface area contributed by atoms with Gasteiger partial charge in [-0.1, -0.05) is 17.7 Å². The number of aliphatic imine (C=N–C) groups is 1. The maximum atomic E-state index is 12.0. The van der Waals surface area contributed by atoms with Crippen molar-refractivity contribution in [1.82, 2.24) is 0 Å². The van der Waals surface area contributed by atoms with Crippen LogP contribution in [0.5, 0.6) is 11.5 Å². The van der Waals surface area contributed by atoms with E-state index in [4.69, 9.17) is 25.8 Å². The van der Waals surface area contributed by atoms with Crippen molar-refractivity contribution >= 4 is 40.9 Å². The smallest absolute Gasteiger partial charge is 0.363 e. The normalized spacial score (nSPS) is 15.4. The third kappa shape index (κ3) is 3.29. The molecule has 24 heavy (non-hydrogen) atoms. The standard InChI is InChI=1S/C17H14ClNO4S/c1-3-22-15-11(18)7-10(9-13(15)21-2)8-12-17(20)23-16(19-12)14-5-4-6-24-14/h4-9H,3H2,1-2H3/b12-8-. The molecule has 1 aliphatic rings. The average molecular weight is 364 g/mol. The molecule has 0 fully saturated rings. The lowest BCUT2D eigenvalue weighted by Crippen LogP contribution is -2.03. The van der Waals surface area contributed by atoms with Crippen molar-refractivity contribution in [2.45, 2.75) is 6.92 Å². The van der Waals surface area contributed by atoms with Gasteiger partial charge < -0.3 is 14.2 Å². The molecule has 5 nitrogen and oxygen atoms in total. The summed E-state index contributed by atoms with van der Waals surface area (Å²) in [4.78, 5) is 17.1. The zero-order valence-electron chi connectivity index (χ0n) is 13.0. The van der Waals surface area contributed by atoms with Gasteiger partial charge in [-0.3, -0.25) is 0 Å². The molecule has 0 atom stereocenters. The minimum absolute atomic E-state index is 0.209. The summed E-state index contributed by atoms with van der Waals surface area (Å²) in [7, 11) is 1.53. The number of carbonyl (C=O) groups is 1. The second kappa shape index (κ2) is 7.07. The highest BCUT2D eigenvalue weighted by Crippen LogP contribution is 2.37. The second-order valence-electron chi connectivity index (χ2n) is 4.78. The van der Waals surface area contributed by atoms with Crippen molar-refractivity contribution in [2.24, 2.45) is 4.99 Å². The van der Waals surface area contributed by atoms with Gasteiger partial charge >= 0.3 is 5.97 Å². The number of methoxy groups -OCH3 is 1. The number of nitrogens with zero attached hydrogens (tertiary/aromatic N) is 1. The van der Waals surface area contributed by atoms with Crippen LogP contribution < -0.4 is 9.47 Å². The number of ether oxygens (including phenoxy) is 3. The molecular weight excluding hydrogens is 350 g/mol. The molecule has 0 N–H and O–H groups in total. The first kappa shape index (κ1) is 16.5. The van der Waals surface area contributed by atoms with Gasteiger partial charge in [-0.05, 0) is 42.1 Å². The molecule has 0 spiro atoms. The van der Waals surface area contributed by atoms with Crippen LogP contribution >= 0.6 is 22.9 Å². The zero-order valence-corrected chi connectivity index (χ0v) is 14.6. The van der Waals surface area contributed by atoms with Crippen LogP contribution in [0.4, 0.5) is 0 Å². The minimum Gasteiger partial charge on any atom is -0.493 e. The number of rotatable bonds is 5. The number of cyclic esters (lactones) is 1. The Morgan fingerprint density at radius 1 is 1.42 bits per heavy atom. The lowest BCUT2D eigenvalue weighted by molar-refractivity contribution is -0.129. The van der Waals surface area contributed by atoms with Crippen molar-refractivity contribution in [3.8, 4) is 11.5 Å². The quantitative estimate of drug-likeness (QED) is 0.591. The highest BCUT2D eigenvalue weighted by atomic mass is 35.5. The van der Waals surface area contributed by atoms with Gasteiger partial charge in [0.1, 0.15) is 0 Å². The summed E-state index contributed by atoms with van der Waals surface area (Å²) < 4.78 is 16.0. The van der Waals surface area contributed by atoms with Gasteiger partial charge in [-0.25, -0.2) is 9.79 Å². The summed E-state index contributed by atoms with van der Waals surface area (Å²) in [6, 6.07) is 7.13. The van der Waals surface area contributed by atoms with Crippen LogP contribution in [0.3, 0.4) is 0 Å². The van der Waals surface area contributed by atoms with Crippen LogP contribution in [-0.4, -0.2) is 25.6 Å². The molecule has 7 heteroatoms. The van der Waals surface area contributed by atoms with Crippen molar-refractivity contribution < 1.29 is 19.0 Å². The third-order valence-corrected chi connectivity index (χ3v) is 4.33. The van der Waals surface area contributed by atoms with E-state index in [9.17, 15) is 4.79 Å². The van der Waals surface area contributed by atoms with Crippen LogP contribution in [0.2, 0.25) is 5.02 Å². The van der Waals surface area contributed by atoms with Gasteiger partial charge in [0.2, 0.25) is 5.90 Å². The maximum absolute atomic E-state index is 12.0. The Labute approximate surface area is 148 Å². The number of hydrogen-bond acceptors (Lipinski definition) is 6. The summed E-state index contributed by atoms with van der Waals surface area (Å²) in [6.45, 7) is 2.33. The van der Waals surface area contributed by atoms with Gasteiger partial charge in [0.15, 0.2) is 17.2 Å². The molecule has 2 heterocycles. The Morgan fingerprint density at radius 3 is 2.92 bits per heavy atom. The van der Waals surface area contributed by atoms with E-state index in [2.05, 4.69) is 4.99 Å². The topological polar surface area (TPSA) is 57.1 Å². The third-order valence-electron chi connectivity index (χ3n) is 3.20. The Bertz CT molecular complexity index is 827. The number of thiophene rings is 1. The summed E-state index contributed by atoms with van der Waals surface area (Å²) in [5.74, 6) is 0.776. The molecule has 0 saturated carbocycles. The van der Waals surface area contributed by atoms with Gasteiger partial charge in [0.05, 0.1) is 23.6 Å². The van der Waals surface area contributed by atoms with Crippen LogP contribution in [-0.2, 0) is 9.53 Å². The number of hydrogen-bond donors (Lipinski definition) is 0. The number of halogens is 1. The van der Waals surface area contributed by atoms with Crippen molar-refractivity contribution in [1.29, 1.82) is 0 Å². The van der Waals surface area contributed by atoms with E-state index in [0.29, 0.717) is 34.6 Å². The predicted octanol–water partition coefficient (Wildman–Crippen LogP) is 4.15. The summed E-state index contributed by atoms with van der Waals surface area (Å²) in [5.41, 5.74) is 0.879. The number of esters is 1. The SMILES string of the molecule is CCOc1c(Cl)cc(/C=C2\N=C(c3cccs3)OC2=O)cc1OC. The molecule has 2 aromatic rings. The Kier molecular flexibility index (Phi) is 4.87. The molecule has 3 rings (SSSR count). The van der Waals surface area contributed by atoms with Crippen molar-refractivity contribution in [2.75, 3.05) is 13.7 Å². The van der Waals surface area contributed by atoms with Crippen LogP contribution in [0.15, 0.2) is 40.3 Å². The van der Waals surface area contributed by atoms with Gasteiger partial charge in [0, 0.05) is 0 Å². The average Bonchev–Trinajstić information content (AvgIpc) is 3.20. The van der Waals surface area contributed by atoms with Crippen LogP contribution in [0, 0.1) is 0 Å². The van der Waals surface area contributed by atoms with Gasteiger partial charge in [0.25, 0.3) is 0 Å². The first-order valence-corrected chi connectivity index (χ1v) is 8.45. The fourth-order valence-corrected chi connectivity index (χ4v) is 3.10. The molecule has 1 aromatic heterocycles. The lowest BCUT2D eigenvalue weighted by atomic mass is 10.1. The van der Waals surface area contributed by atoms with Gasteiger partial charge in [-0.2, -0.15) is 0 Å². The van der Waals surface area contributed by atoms with Crippen molar-refractivity contribution in [3.05, 3.63) is 50.8 Å². The minimum atomic E-state index is -0.498. The summed E-state index contributed by atoms with van der Waals surface area (Å²) in [5, 5.41) is 2.29. The molecule has 1 aliphatic heterocycles. The summed E-state index contributed by atoms with van der Waals surface area (Å²) in [6.07, 6.45) is 1.60. The molecule has 0 bridgehead atoms. The lowest BCUT2D eigenvalue weighted by Gasteiger charge is -2.11. The van der Waals surface area contributed by atoms with E-state index in [0.717, 1.165) is 4.88 Å². The molecule has 0 saturated heterocycles. The molecule has 0 amide bonds. The monoisotopic (exact) mass is 363 g/mol. The van der Waals surface area contributed by atoms with Crippen molar-refractivity contribution in [3.63, 3.8) is 0 Å². The highest BCUT2D eigenvalue weighted by Gasteiger charge is 2.25. The number of carbonyl (C=O) groups excluding carboxylic acids is 1. The van der Waals surface area contributed by atoms with E-state index >= 15 is 0 Å².